The molecular weight excluding hydrogens is 338 g/mol. The fourth-order valence-electron chi connectivity index (χ4n) is 4.13. The highest BCUT2D eigenvalue weighted by atomic mass is 16.5. The molecule has 1 N–H and O–H groups in total. The van der Waals surface area contributed by atoms with Crippen LogP contribution in [0.2, 0.25) is 0 Å². The summed E-state index contributed by atoms with van der Waals surface area (Å²) in [4.78, 5) is 17.1. The SMILES string of the molecule is COc1cccc2c1N(CC(=O)Nc1ccc(N3CCCC3)cc1)CCC2. The number of methoxy groups -OCH3 is 1. The van der Waals surface area contributed by atoms with Crippen LogP contribution in [0.15, 0.2) is 42.5 Å². The number of rotatable bonds is 5. The van der Waals surface area contributed by atoms with Crippen LogP contribution in [0.1, 0.15) is 24.8 Å². The first kappa shape index (κ1) is 17.7. The molecule has 1 saturated heterocycles. The van der Waals surface area contributed by atoms with E-state index in [0.717, 1.165) is 49.6 Å². The Bertz CT molecular complexity index is 783. The van der Waals surface area contributed by atoms with Gasteiger partial charge in [0.25, 0.3) is 0 Å². The number of carbonyl (C=O) groups excluding carboxylic acids is 1. The lowest BCUT2D eigenvalue weighted by molar-refractivity contribution is -0.115. The van der Waals surface area contributed by atoms with E-state index in [4.69, 9.17) is 4.74 Å². The number of benzene rings is 2. The van der Waals surface area contributed by atoms with Crippen LogP contribution >= 0.6 is 0 Å². The minimum absolute atomic E-state index is 0.00248. The summed E-state index contributed by atoms with van der Waals surface area (Å²) in [6, 6.07) is 14.3. The topological polar surface area (TPSA) is 44.8 Å². The summed E-state index contributed by atoms with van der Waals surface area (Å²) in [6.45, 7) is 3.46. The minimum Gasteiger partial charge on any atom is -0.495 e. The van der Waals surface area contributed by atoms with Crippen molar-refractivity contribution in [1.82, 2.24) is 0 Å². The molecule has 5 nitrogen and oxygen atoms in total. The number of aryl methyl sites for hydroxylation is 1. The number of amides is 1. The van der Waals surface area contributed by atoms with Crippen molar-refractivity contribution in [2.45, 2.75) is 25.7 Å². The monoisotopic (exact) mass is 365 g/mol. The van der Waals surface area contributed by atoms with Crippen LogP contribution in [0.25, 0.3) is 0 Å². The van der Waals surface area contributed by atoms with Crippen molar-refractivity contribution in [3.8, 4) is 5.75 Å². The second-order valence-corrected chi connectivity index (χ2v) is 7.28. The third-order valence-corrected chi connectivity index (χ3v) is 5.45. The molecule has 4 rings (SSSR count). The molecule has 2 aromatic carbocycles. The number of hydrogen-bond acceptors (Lipinski definition) is 4. The van der Waals surface area contributed by atoms with Crippen LogP contribution in [0.4, 0.5) is 17.1 Å². The summed E-state index contributed by atoms with van der Waals surface area (Å²) < 4.78 is 5.53. The molecule has 1 fully saturated rings. The maximum Gasteiger partial charge on any atom is 0.243 e. The van der Waals surface area contributed by atoms with E-state index in [0.29, 0.717) is 6.54 Å². The molecular formula is C22H27N3O2. The summed E-state index contributed by atoms with van der Waals surface area (Å²) in [7, 11) is 1.68. The molecule has 2 heterocycles. The van der Waals surface area contributed by atoms with E-state index in [2.05, 4.69) is 33.3 Å². The molecule has 0 aliphatic carbocycles. The Morgan fingerprint density at radius 3 is 2.56 bits per heavy atom. The molecule has 0 atom stereocenters. The van der Waals surface area contributed by atoms with Gasteiger partial charge in [0, 0.05) is 31.0 Å². The molecule has 5 heteroatoms. The second kappa shape index (κ2) is 7.91. The number of nitrogens with zero attached hydrogens (tertiary/aromatic N) is 2. The van der Waals surface area contributed by atoms with Gasteiger partial charge >= 0.3 is 0 Å². The summed E-state index contributed by atoms with van der Waals surface area (Å²) >= 11 is 0. The predicted molar refractivity (Wildman–Crippen MR) is 110 cm³/mol. The van der Waals surface area contributed by atoms with Crippen molar-refractivity contribution < 1.29 is 9.53 Å². The van der Waals surface area contributed by atoms with Gasteiger partial charge in [-0.3, -0.25) is 4.79 Å². The normalized spacial score (nSPS) is 16.2. The van der Waals surface area contributed by atoms with E-state index >= 15 is 0 Å². The number of anilines is 3. The maximum absolute atomic E-state index is 12.6. The van der Waals surface area contributed by atoms with Gasteiger partial charge < -0.3 is 19.9 Å². The molecule has 0 radical (unpaired) electrons. The lowest BCUT2D eigenvalue weighted by Gasteiger charge is -2.32. The van der Waals surface area contributed by atoms with Crippen LogP contribution in [0, 0.1) is 0 Å². The van der Waals surface area contributed by atoms with E-state index in [9.17, 15) is 4.79 Å². The molecule has 0 unspecified atom stereocenters. The molecule has 2 aromatic rings. The first-order valence-electron chi connectivity index (χ1n) is 9.80. The standard InChI is InChI=1S/C22H27N3O2/c1-27-20-8-4-6-17-7-5-15-25(22(17)20)16-21(26)23-18-9-11-19(12-10-18)24-13-2-3-14-24/h4,6,8-12H,2-3,5,7,13-16H2,1H3,(H,23,26). The van der Waals surface area contributed by atoms with Gasteiger partial charge in [0.1, 0.15) is 5.75 Å². The number of fused-ring (bicyclic) bond motifs is 1. The number of para-hydroxylation sites is 1. The van der Waals surface area contributed by atoms with Gasteiger partial charge in [0.2, 0.25) is 5.91 Å². The summed E-state index contributed by atoms with van der Waals surface area (Å²) in [6.07, 6.45) is 4.61. The summed E-state index contributed by atoms with van der Waals surface area (Å²) in [5.74, 6) is 0.845. The van der Waals surface area contributed by atoms with Crippen LogP contribution < -0.4 is 19.9 Å². The summed E-state index contributed by atoms with van der Waals surface area (Å²) in [5.41, 5.74) is 4.40. The Labute approximate surface area is 160 Å². The predicted octanol–water partition coefficient (Wildman–Crippen LogP) is 3.69. The lowest BCUT2D eigenvalue weighted by Crippen LogP contribution is -2.37. The number of hydrogen-bond donors (Lipinski definition) is 1. The third-order valence-electron chi connectivity index (χ3n) is 5.45. The Kier molecular flexibility index (Phi) is 5.19. The third kappa shape index (κ3) is 3.87. The molecule has 142 valence electrons. The highest BCUT2D eigenvalue weighted by Crippen LogP contribution is 2.36. The van der Waals surface area contributed by atoms with Crippen molar-refractivity contribution >= 4 is 23.0 Å². The number of ether oxygens (including phenoxy) is 1. The van der Waals surface area contributed by atoms with Gasteiger partial charge in [0.05, 0.1) is 19.3 Å². The zero-order chi connectivity index (χ0) is 18.6. The van der Waals surface area contributed by atoms with Crippen molar-refractivity contribution in [2.75, 3.05) is 48.4 Å². The molecule has 2 aliphatic heterocycles. The van der Waals surface area contributed by atoms with E-state index in [-0.39, 0.29) is 5.91 Å². The van der Waals surface area contributed by atoms with Gasteiger partial charge in [-0.15, -0.1) is 0 Å². The van der Waals surface area contributed by atoms with Crippen molar-refractivity contribution in [2.24, 2.45) is 0 Å². The number of carbonyl (C=O) groups is 1. The average molecular weight is 365 g/mol. The van der Waals surface area contributed by atoms with Gasteiger partial charge in [0.15, 0.2) is 0 Å². The van der Waals surface area contributed by atoms with Crippen LogP contribution in [0.3, 0.4) is 0 Å². The smallest absolute Gasteiger partial charge is 0.243 e. The largest absolute Gasteiger partial charge is 0.495 e. The van der Waals surface area contributed by atoms with Crippen LogP contribution in [-0.4, -0.2) is 39.2 Å². The zero-order valence-electron chi connectivity index (χ0n) is 15.9. The van der Waals surface area contributed by atoms with Crippen molar-refractivity contribution in [3.05, 3.63) is 48.0 Å². The fraction of sp³-hybridized carbons (Fsp3) is 0.409. The zero-order valence-corrected chi connectivity index (χ0v) is 15.9. The van der Waals surface area contributed by atoms with Crippen molar-refractivity contribution in [1.29, 1.82) is 0 Å². The average Bonchev–Trinajstić information content (AvgIpc) is 3.23. The van der Waals surface area contributed by atoms with Gasteiger partial charge in [-0.1, -0.05) is 12.1 Å². The number of nitrogens with one attached hydrogen (secondary N) is 1. The Balaban J connectivity index is 1.42. The maximum atomic E-state index is 12.6. The molecule has 0 bridgehead atoms. The first-order valence-corrected chi connectivity index (χ1v) is 9.80. The van der Waals surface area contributed by atoms with Gasteiger partial charge in [-0.05, 0) is 61.6 Å². The fourth-order valence-corrected chi connectivity index (χ4v) is 4.13. The Morgan fingerprint density at radius 1 is 1.04 bits per heavy atom. The van der Waals surface area contributed by atoms with Gasteiger partial charge in [-0.25, -0.2) is 0 Å². The minimum atomic E-state index is 0.00248. The van der Waals surface area contributed by atoms with E-state index in [1.807, 2.05) is 24.3 Å². The molecule has 27 heavy (non-hydrogen) atoms. The molecule has 0 aromatic heterocycles. The highest BCUT2D eigenvalue weighted by molar-refractivity contribution is 5.94. The molecule has 2 aliphatic rings. The van der Waals surface area contributed by atoms with Gasteiger partial charge in [-0.2, -0.15) is 0 Å². The highest BCUT2D eigenvalue weighted by Gasteiger charge is 2.22. The lowest BCUT2D eigenvalue weighted by atomic mass is 10.0. The summed E-state index contributed by atoms with van der Waals surface area (Å²) in [5, 5.41) is 3.04. The molecule has 0 saturated carbocycles. The van der Waals surface area contributed by atoms with E-state index in [1.54, 1.807) is 7.11 Å². The van der Waals surface area contributed by atoms with E-state index in [1.165, 1.54) is 24.1 Å². The molecule has 1 amide bonds. The first-order chi connectivity index (χ1) is 13.2. The molecule has 0 spiro atoms. The Hall–Kier alpha value is -2.69. The van der Waals surface area contributed by atoms with E-state index < -0.39 is 0 Å². The Morgan fingerprint density at radius 2 is 1.81 bits per heavy atom. The van der Waals surface area contributed by atoms with Crippen LogP contribution in [-0.2, 0) is 11.2 Å². The second-order valence-electron chi connectivity index (χ2n) is 7.28. The quantitative estimate of drug-likeness (QED) is 0.878. The van der Waals surface area contributed by atoms with Crippen molar-refractivity contribution in [3.63, 3.8) is 0 Å². The van der Waals surface area contributed by atoms with Crippen LogP contribution in [0.5, 0.6) is 5.75 Å².